The number of hydrogen-bond donors (Lipinski definition) is 1. The van der Waals surface area contributed by atoms with Crippen molar-refractivity contribution in [1.82, 2.24) is 19.9 Å². The highest BCUT2D eigenvalue weighted by Gasteiger charge is 2.21. The van der Waals surface area contributed by atoms with Crippen LogP contribution in [-0.4, -0.2) is 38.3 Å². The summed E-state index contributed by atoms with van der Waals surface area (Å²) in [5, 5.41) is 11.6. The minimum atomic E-state index is -0.238. The molecule has 0 saturated heterocycles. The molecule has 1 N–H and O–H groups in total. The number of thioether (sulfide) groups is 1. The minimum Gasteiger partial charge on any atom is -0.346 e. The SMILES string of the molecule is CSCCC(NC(=O)CCC(=O)c1ccc2c(c1)CCC2)c1nnc2ccccn12. The van der Waals surface area contributed by atoms with Crippen molar-refractivity contribution in [2.24, 2.45) is 0 Å². The van der Waals surface area contributed by atoms with Crippen molar-refractivity contribution in [3.63, 3.8) is 0 Å². The van der Waals surface area contributed by atoms with Gasteiger partial charge in [0.2, 0.25) is 5.91 Å². The fourth-order valence-corrected chi connectivity index (χ4v) is 4.45. The molecule has 0 radical (unpaired) electrons. The van der Waals surface area contributed by atoms with Gasteiger partial charge in [-0.1, -0.05) is 18.2 Å². The van der Waals surface area contributed by atoms with Crippen LogP contribution in [0.4, 0.5) is 0 Å². The molecule has 1 atom stereocenters. The lowest BCUT2D eigenvalue weighted by atomic mass is 10.0. The number of rotatable bonds is 9. The van der Waals surface area contributed by atoms with Crippen molar-refractivity contribution in [2.75, 3.05) is 12.0 Å². The van der Waals surface area contributed by atoms with Gasteiger partial charge in [0, 0.05) is 24.6 Å². The second kappa shape index (κ2) is 9.43. The van der Waals surface area contributed by atoms with Gasteiger partial charge in [-0.15, -0.1) is 10.2 Å². The van der Waals surface area contributed by atoms with Crippen molar-refractivity contribution >= 4 is 29.1 Å². The van der Waals surface area contributed by atoms with E-state index in [-0.39, 0.29) is 30.6 Å². The monoisotopic (exact) mass is 422 g/mol. The van der Waals surface area contributed by atoms with E-state index in [0.29, 0.717) is 5.56 Å². The van der Waals surface area contributed by atoms with Crippen LogP contribution in [0, 0.1) is 0 Å². The molecule has 1 aromatic carbocycles. The number of ketones is 1. The quantitative estimate of drug-likeness (QED) is 0.531. The molecule has 1 aliphatic rings. The number of Topliss-reactive ketones (excluding diaryl/α,β-unsaturated/α-hetero) is 1. The van der Waals surface area contributed by atoms with E-state index in [2.05, 4.69) is 21.6 Å². The Hall–Kier alpha value is -2.67. The first-order chi connectivity index (χ1) is 14.7. The average Bonchev–Trinajstić information content (AvgIpc) is 3.41. The third-order valence-corrected chi connectivity index (χ3v) is 6.24. The van der Waals surface area contributed by atoms with E-state index >= 15 is 0 Å². The zero-order valence-electron chi connectivity index (χ0n) is 17.1. The summed E-state index contributed by atoms with van der Waals surface area (Å²) in [7, 11) is 0. The standard InChI is InChI=1S/C23H26N4O2S/c1-30-14-12-19(23-26-25-21-7-2-3-13-27(21)23)24-22(29)11-10-20(28)18-9-8-16-5-4-6-17(16)15-18/h2-3,7-9,13,15,19H,4-6,10-12,14H2,1H3,(H,24,29). The van der Waals surface area contributed by atoms with Crippen LogP contribution in [0.25, 0.3) is 5.65 Å². The van der Waals surface area contributed by atoms with E-state index in [9.17, 15) is 9.59 Å². The van der Waals surface area contributed by atoms with E-state index < -0.39 is 0 Å². The number of benzene rings is 1. The van der Waals surface area contributed by atoms with Gasteiger partial charge >= 0.3 is 0 Å². The van der Waals surface area contributed by atoms with Crippen molar-refractivity contribution in [1.29, 1.82) is 0 Å². The van der Waals surface area contributed by atoms with Crippen LogP contribution >= 0.6 is 11.8 Å². The Bertz CT molecular complexity index is 1060. The molecule has 30 heavy (non-hydrogen) atoms. The van der Waals surface area contributed by atoms with E-state index in [0.717, 1.165) is 42.9 Å². The number of nitrogens with one attached hydrogen (secondary N) is 1. The van der Waals surface area contributed by atoms with Gasteiger partial charge in [0.05, 0.1) is 6.04 Å². The molecule has 7 heteroatoms. The average molecular weight is 423 g/mol. The number of fused-ring (bicyclic) bond motifs is 2. The highest BCUT2D eigenvalue weighted by atomic mass is 32.2. The Kier molecular flexibility index (Phi) is 6.47. The van der Waals surface area contributed by atoms with Gasteiger partial charge < -0.3 is 5.32 Å². The molecule has 1 unspecified atom stereocenters. The number of amides is 1. The van der Waals surface area contributed by atoms with E-state index in [1.165, 1.54) is 11.1 Å². The maximum absolute atomic E-state index is 12.6. The zero-order chi connectivity index (χ0) is 20.9. The molecule has 156 valence electrons. The van der Waals surface area contributed by atoms with Crippen LogP contribution in [0.2, 0.25) is 0 Å². The second-order valence-corrected chi connectivity index (χ2v) is 8.63. The number of carbonyl (C=O) groups is 2. The first-order valence-electron chi connectivity index (χ1n) is 10.4. The second-order valence-electron chi connectivity index (χ2n) is 7.65. The maximum atomic E-state index is 12.6. The number of aromatic nitrogens is 3. The molecule has 6 nitrogen and oxygen atoms in total. The van der Waals surface area contributed by atoms with Crippen molar-refractivity contribution in [2.45, 2.75) is 44.6 Å². The molecular formula is C23H26N4O2S. The third kappa shape index (κ3) is 4.56. The normalized spacial score (nSPS) is 13.9. The largest absolute Gasteiger partial charge is 0.346 e. The third-order valence-electron chi connectivity index (χ3n) is 5.60. The van der Waals surface area contributed by atoms with Crippen LogP contribution < -0.4 is 5.32 Å². The Morgan fingerprint density at radius 1 is 1.13 bits per heavy atom. The Morgan fingerprint density at radius 3 is 2.87 bits per heavy atom. The van der Waals surface area contributed by atoms with Crippen LogP contribution in [-0.2, 0) is 17.6 Å². The predicted molar refractivity (Wildman–Crippen MR) is 119 cm³/mol. The van der Waals surface area contributed by atoms with Gasteiger partial charge in [0.15, 0.2) is 17.3 Å². The highest BCUT2D eigenvalue weighted by molar-refractivity contribution is 7.98. The van der Waals surface area contributed by atoms with Crippen LogP contribution in [0.3, 0.4) is 0 Å². The summed E-state index contributed by atoms with van der Waals surface area (Å²) in [5.41, 5.74) is 4.09. The molecule has 0 saturated carbocycles. The maximum Gasteiger partial charge on any atom is 0.221 e. The summed E-state index contributed by atoms with van der Waals surface area (Å²) in [4.78, 5) is 25.2. The molecule has 0 spiro atoms. The Morgan fingerprint density at radius 2 is 2.00 bits per heavy atom. The van der Waals surface area contributed by atoms with Gasteiger partial charge in [-0.05, 0) is 67.0 Å². The zero-order valence-corrected chi connectivity index (χ0v) is 18.0. The molecule has 4 rings (SSSR count). The fraction of sp³-hybridized carbons (Fsp3) is 0.391. The molecule has 2 heterocycles. The number of hydrogen-bond acceptors (Lipinski definition) is 5. The summed E-state index contributed by atoms with van der Waals surface area (Å²) in [6.45, 7) is 0. The van der Waals surface area contributed by atoms with Gasteiger partial charge in [-0.2, -0.15) is 11.8 Å². The molecule has 1 aliphatic carbocycles. The summed E-state index contributed by atoms with van der Waals surface area (Å²) in [5.74, 6) is 1.50. The lowest BCUT2D eigenvalue weighted by molar-refractivity contribution is -0.121. The van der Waals surface area contributed by atoms with Gasteiger partial charge in [0.1, 0.15) is 0 Å². The van der Waals surface area contributed by atoms with E-state index in [4.69, 9.17) is 0 Å². The van der Waals surface area contributed by atoms with Crippen LogP contribution in [0.1, 0.15) is 59.0 Å². The molecular weight excluding hydrogens is 396 g/mol. The lowest BCUT2D eigenvalue weighted by Gasteiger charge is -2.17. The molecule has 3 aromatic rings. The minimum absolute atomic E-state index is 0.0217. The topological polar surface area (TPSA) is 76.4 Å². The van der Waals surface area contributed by atoms with Gasteiger partial charge in [0.25, 0.3) is 0 Å². The van der Waals surface area contributed by atoms with E-state index in [1.54, 1.807) is 11.8 Å². The first-order valence-corrected chi connectivity index (χ1v) is 11.8. The fourth-order valence-electron chi connectivity index (χ4n) is 3.98. The first kappa shape index (κ1) is 20.6. The van der Waals surface area contributed by atoms with Crippen LogP contribution in [0.5, 0.6) is 0 Å². The summed E-state index contributed by atoms with van der Waals surface area (Å²) in [6, 6.07) is 11.4. The number of carbonyl (C=O) groups excluding carboxylic acids is 2. The molecule has 1 amide bonds. The summed E-state index contributed by atoms with van der Waals surface area (Å²) >= 11 is 1.72. The smallest absolute Gasteiger partial charge is 0.221 e. The molecule has 2 aromatic heterocycles. The number of aryl methyl sites for hydroxylation is 2. The number of nitrogens with zero attached hydrogens (tertiary/aromatic N) is 3. The van der Waals surface area contributed by atoms with Gasteiger partial charge in [-0.25, -0.2) is 0 Å². The summed E-state index contributed by atoms with van der Waals surface area (Å²) in [6.07, 6.45) is 8.37. The van der Waals surface area contributed by atoms with Crippen molar-refractivity contribution in [3.8, 4) is 0 Å². The number of pyridine rings is 1. The predicted octanol–water partition coefficient (Wildman–Crippen LogP) is 3.79. The molecule has 0 bridgehead atoms. The van der Waals surface area contributed by atoms with Crippen molar-refractivity contribution in [3.05, 3.63) is 65.1 Å². The van der Waals surface area contributed by atoms with Crippen LogP contribution in [0.15, 0.2) is 42.6 Å². The lowest BCUT2D eigenvalue weighted by Crippen LogP contribution is -2.30. The van der Waals surface area contributed by atoms with E-state index in [1.807, 2.05) is 47.2 Å². The molecule has 0 aliphatic heterocycles. The van der Waals surface area contributed by atoms with Crippen molar-refractivity contribution < 1.29 is 9.59 Å². The molecule has 0 fully saturated rings. The summed E-state index contributed by atoms with van der Waals surface area (Å²) < 4.78 is 1.90. The van der Waals surface area contributed by atoms with Gasteiger partial charge in [-0.3, -0.25) is 14.0 Å². The Balaban J connectivity index is 1.39. The highest BCUT2D eigenvalue weighted by Crippen LogP contribution is 2.24. The Labute approximate surface area is 180 Å².